The van der Waals surface area contributed by atoms with Crippen LogP contribution in [0.2, 0.25) is 0 Å². The van der Waals surface area contributed by atoms with Gasteiger partial charge < -0.3 is 5.32 Å². The number of anilines is 1. The van der Waals surface area contributed by atoms with Crippen molar-refractivity contribution in [2.45, 2.75) is 6.92 Å². The first-order valence-electron chi connectivity index (χ1n) is 4.22. The van der Waals surface area contributed by atoms with E-state index in [0.717, 1.165) is 5.69 Å². The van der Waals surface area contributed by atoms with Gasteiger partial charge in [-0.25, -0.2) is 4.21 Å². The Balaban J connectivity index is 2.62. The molecule has 1 rings (SSSR count). The predicted molar refractivity (Wildman–Crippen MR) is 58.4 cm³/mol. The molecule has 1 aromatic carbocycles. The van der Waals surface area contributed by atoms with Gasteiger partial charge in [0.1, 0.15) is 0 Å². The number of benzene rings is 1. The molecule has 14 heavy (non-hydrogen) atoms. The molecule has 74 valence electrons. The standard InChI is InChI=1S/C10H11NO2S/c1-8(7-14-13)10(12)11-9-5-3-2-4-6-9/h2-8H,1H3,(H,11,12). The molecular formula is C10H11NO2S. The second kappa shape index (κ2) is 5.34. The first-order valence-corrected chi connectivity index (χ1v) is 5.02. The van der Waals surface area contributed by atoms with Gasteiger partial charge >= 0.3 is 0 Å². The zero-order chi connectivity index (χ0) is 10.4. The van der Waals surface area contributed by atoms with E-state index in [0.29, 0.717) is 11.3 Å². The molecule has 1 unspecified atom stereocenters. The lowest BCUT2D eigenvalue weighted by Gasteiger charge is -2.06. The molecule has 1 amide bonds. The third kappa shape index (κ3) is 3.14. The van der Waals surface area contributed by atoms with Crippen molar-refractivity contribution < 1.29 is 9.00 Å². The molecular weight excluding hydrogens is 198 g/mol. The van der Waals surface area contributed by atoms with Crippen LogP contribution >= 0.6 is 0 Å². The first kappa shape index (κ1) is 10.7. The van der Waals surface area contributed by atoms with Crippen LogP contribution in [0.25, 0.3) is 0 Å². The zero-order valence-corrected chi connectivity index (χ0v) is 8.58. The van der Waals surface area contributed by atoms with Gasteiger partial charge in [0.25, 0.3) is 0 Å². The van der Waals surface area contributed by atoms with E-state index in [1.165, 1.54) is 5.37 Å². The van der Waals surface area contributed by atoms with Crippen molar-refractivity contribution in [3.63, 3.8) is 0 Å². The van der Waals surface area contributed by atoms with Gasteiger partial charge in [0.2, 0.25) is 5.91 Å². The Bertz CT molecular complexity index is 358. The molecule has 0 aliphatic rings. The smallest absolute Gasteiger partial charge is 0.231 e. The fraction of sp³-hybridized carbons (Fsp3) is 0.200. The molecule has 0 heterocycles. The summed E-state index contributed by atoms with van der Waals surface area (Å²) in [4.78, 5) is 11.4. The summed E-state index contributed by atoms with van der Waals surface area (Å²) in [6.45, 7) is 1.68. The van der Waals surface area contributed by atoms with E-state index in [1.54, 1.807) is 19.1 Å². The molecule has 1 N–H and O–H groups in total. The molecule has 1 atom stereocenters. The van der Waals surface area contributed by atoms with E-state index in [-0.39, 0.29) is 11.8 Å². The monoisotopic (exact) mass is 209 g/mol. The van der Waals surface area contributed by atoms with Crippen LogP contribution in [0.15, 0.2) is 30.3 Å². The van der Waals surface area contributed by atoms with E-state index in [2.05, 4.69) is 5.32 Å². The number of hydrogen-bond donors (Lipinski definition) is 1. The third-order valence-corrected chi connectivity index (χ3v) is 2.23. The number of amides is 1. The minimum atomic E-state index is -0.377. The van der Waals surface area contributed by atoms with E-state index in [1.807, 2.05) is 18.2 Å². The van der Waals surface area contributed by atoms with Crippen molar-refractivity contribution in [1.29, 1.82) is 0 Å². The van der Waals surface area contributed by atoms with Gasteiger partial charge in [-0.3, -0.25) is 4.79 Å². The van der Waals surface area contributed by atoms with Gasteiger partial charge in [0.05, 0.1) is 17.2 Å². The zero-order valence-electron chi connectivity index (χ0n) is 7.77. The molecule has 0 fully saturated rings. The Morgan fingerprint density at radius 1 is 1.43 bits per heavy atom. The Kier molecular flexibility index (Phi) is 4.07. The molecule has 0 radical (unpaired) electrons. The Labute approximate surface area is 86.2 Å². The minimum absolute atomic E-state index is 0.167. The van der Waals surface area contributed by atoms with Crippen molar-refractivity contribution in [3.8, 4) is 0 Å². The van der Waals surface area contributed by atoms with E-state index < -0.39 is 0 Å². The van der Waals surface area contributed by atoms with Gasteiger partial charge in [0.15, 0.2) is 0 Å². The van der Waals surface area contributed by atoms with Crippen LogP contribution in [0.3, 0.4) is 0 Å². The molecule has 0 aliphatic carbocycles. The summed E-state index contributed by atoms with van der Waals surface area (Å²) < 4.78 is 10.2. The highest BCUT2D eigenvalue weighted by Gasteiger charge is 2.09. The van der Waals surface area contributed by atoms with E-state index >= 15 is 0 Å². The number of rotatable bonds is 3. The molecule has 0 spiro atoms. The number of hydrogen-bond acceptors (Lipinski definition) is 2. The molecule has 0 bridgehead atoms. The van der Waals surface area contributed by atoms with Gasteiger partial charge in [-0.05, 0) is 19.1 Å². The quantitative estimate of drug-likeness (QED) is 0.762. The van der Waals surface area contributed by atoms with Crippen LogP contribution in [0, 0.1) is 5.92 Å². The van der Waals surface area contributed by atoms with Crippen LogP contribution < -0.4 is 5.32 Å². The lowest BCUT2D eigenvalue weighted by molar-refractivity contribution is -0.117. The molecule has 0 saturated heterocycles. The van der Waals surface area contributed by atoms with Crippen molar-refractivity contribution in [3.05, 3.63) is 30.3 Å². The number of para-hydroxylation sites is 1. The van der Waals surface area contributed by atoms with Gasteiger partial charge in [0, 0.05) is 11.1 Å². The maximum atomic E-state index is 11.4. The summed E-state index contributed by atoms with van der Waals surface area (Å²) >= 11 is 0.313. The van der Waals surface area contributed by atoms with Crippen LogP contribution in [0.1, 0.15) is 6.92 Å². The van der Waals surface area contributed by atoms with Crippen LogP contribution in [-0.4, -0.2) is 15.5 Å². The normalized spacial score (nSPS) is 11.5. The van der Waals surface area contributed by atoms with E-state index in [4.69, 9.17) is 0 Å². The maximum Gasteiger partial charge on any atom is 0.231 e. The first-order chi connectivity index (χ1) is 6.74. The summed E-state index contributed by atoms with van der Waals surface area (Å²) in [7, 11) is 0. The molecule has 3 nitrogen and oxygen atoms in total. The summed E-state index contributed by atoms with van der Waals surface area (Å²) in [5, 5.41) is 4.06. The Hall–Kier alpha value is -1.42. The third-order valence-electron chi connectivity index (χ3n) is 1.71. The fourth-order valence-corrected chi connectivity index (χ4v) is 1.21. The number of carbonyl (C=O) groups excluding carboxylic acids is 1. The SMILES string of the molecule is CC(C=S=O)C(=O)Nc1ccccc1. The highest BCUT2D eigenvalue weighted by molar-refractivity contribution is 7.64. The second-order valence-corrected chi connectivity index (χ2v) is 3.34. The number of carbonyl (C=O) groups is 1. The highest BCUT2D eigenvalue weighted by Crippen LogP contribution is 2.06. The molecule has 0 aromatic heterocycles. The summed E-state index contributed by atoms with van der Waals surface area (Å²) in [6.07, 6.45) is 0. The second-order valence-electron chi connectivity index (χ2n) is 2.88. The van der Waals surface area contributed by atoms with E-state index in [9.17, 15) is 9.00 Å². The van der Waals surface area contributed by atoms with Gasteiger partial charge in [-0.1, -0.05) is 18.2 Å². The molecule has 0 aliphatic heterocycles. The van der Waals surface area contributed by atoms with Crippen molar-refractivity contribution in [1.82, 2.24) is 0 Å². The lowest BCUT2D eigenvalue weighted by Crippen LogP contribution is -2.21. The van der Waals surface area contributed by atoms with Crippen LogP contribution in [-0.2, 0) is 16.1 Å². The molecule has 4 heteroatoms. The van der Waals surface area contributed by atoms with Gasteiger partial charge in [-0.15, -0.1) is 0 Å². The molecule has 1 aromatic rings. The Morgan fingerprint density at radius 2 is 2.07 bits per heavy atom. The van der Waals surface area contributed by atoms with Crippen LogP contribution in [0.5, 0.6) is 0 Å². The van der Waals surface area contributed by atoms with Crippen molar-refractivity contribution in [2.75, 3.05) is 5.32 Å². The largest absolute Gasteiger partial charge is 0.326 e. The summed E-state index contributed by atoms with van der Waals surface area (Å²) in [6, 6.07) is 9.15. The minimum Gasteiger partial charge on any atom is -0.326 e. The van der Waals surface area contributed by atoms with Crippen molar-refractivity contribution in [2.24, 2.45) is 5.92 Å². The average molecular weight is 209 g/mol. The molecule has 0 saturated carbocycles. The average Bonchev–Trinajstić information content (AvgIpc) is 2.19. The summed E-state index contributed by atoms with van der Waals surface area (Å²) in [5.74, 6) is -0.544. The predicted octanol–water partition coefficient (Wildman–Crippen LogP) is 1.28. The highest BCUT2D eigenvalue weighted by atomic mass is 32.1. The van der Waals surface area contributed by atoms with Gasteiger partial charge in [-0.2, -0.15) is 0 Å². The Morgan fingerprint density at radius 3 is 2.64 bits per heavy atom. The van der Waals surface area contributed by atoms with Crippen LogP contribution in [0.4, 0.5) is 5.69 Å². The summed E-state index contributed by atoms with van der Waals surface area (Å²) in [5.41, 5.74) is 0.744. The van der Waals surface area contributed by atoms with Crippen molar-refractivity contribution >= 4 is 28.2 Å². The maximum absolute atomic E-state index is 11.4. The fourth-order valence-electron chi connectivity index (χ4n) is 0.923. The topological polar surface area (TPSA) is 46.2 Å². The number of nitrogens with one attached hydrogen (secondary N) is 1. The lowest BCUT2D eigenvalue weighted by atomic mass is 10.2.